The molecule has 7 heteroatoms. The Morgan fingerprint density at radius 1 is 1.09 bits per heavy atom. The van der Waals surface area contributed by atoms with E-state index in [4.69, 9.17) is 18.6 Å². The zero-order chi connectivity index (χ0) is 22.3. The van der Waals surface area contributed by atoms with Gasteiger partial charge in [0.25, 0.3) is 5.91 Å². The Labute approximate surface area is 187 Å². The van der Waals surface area contributed by atoms with E-state index in [1.807, 2.05) is 41.3 Å². The number of oxazole rings is 1. The van der Waals surface area contributed by atoms with E-state index >= 15 is 0 Å². The van der Waals surface area contributed by atoms with Crippen molar-refractivity contribution < 1.29 is 23.4 Å². The molecule has 1 atom stereocenters. The Hall–Kier alpha value is -3.48. The van der Waals surface area contributed by atoms with Gasteiger partial charge in [-0.1, -0.05) is 12.1 Å². The highest BCUT2D eigenvalue weighted by Crippen LogP contribution is 2.28. The van der Waals surface area contributed by atoms with E-state index in [-0.39, 0.29) is 18.4 Å². The minimum Gasteiger partial charge on any atom is -0.497 e. The SMILES string of the molecule is COc1ccc(OCC(=O)N2CCC[C@@H](c3ncc(Cc4cccc(OC)c4)o3)C2)cc1. The van der Waals surface area contributed by atoms with Crippen LogP contribution in [0.3, 0.4) is 0 Å². The third kappa shape index (κ3) is 5.41. The lowest BCUT2D eigenvalue weighted by molar-refractivity contribution is -0.134. The maximum absolute atomic E-state index is 12.7. The lowest BCUT2D eigenvalue weighted by atomic mass is 9.98. The number of rotatable bonds is 8. The van der Waals surface area contributed by atoms with Crippen molar-refractivity contribution in [1.82, 2.24) is 9.88 Å². The Balaban J connectivity index is 1.32. The predicted molar refractivity (Wildman–Crippen MR) is 119 cm³/mol. The van der Waals surface area contributed by atoms with Gasteiger partial charge in [0.05, 0.1) is 26.3 Å². The molecule has 2 heterocycles. The van der Waals surface area contributed by atoms with E-state index in [2.05, 4.69) is 4.98 Å². The van der Waals surface area contributed by atoms with Crippen molar-refractivity contribution >= 4 is 5.91 Å². The number of ether oxygens (including phenoxy) is 3. The first-order chi connectivity index (χ1) is 15.6. The molecule has 168 valence electrons. The van der Waals surface area contributed by atoms with Gasteiger partial charge in [-0.3, -0.25) is 4.79 Å². The van der Waals surface area contributed by atoms with Gasteiger partial charge in [0.2, 0.25) is 0 Å². The number of nitrogens with zero attached hydrogens (tertiary/aromatic N) is 2. The Bertz CT molecular complexity index is 1030. The van der Waals surface area contributed by atoms with Gasteiger partial charge in [-0.05, 0) is 54.8 Å². The van der Waals surface area contributed by atoms with Gasteiger partial charge < -0.3 is 23.5 Å². The van der Waals surface area contributed by atoms with E-state index < -0.39 is 0 Å². The second kappa shape index (κ2) is 10.2. The molecular formula is C25H28N2O5. The van der Waals surface area contributed by atoms with Crippen LogP contribution >= 0.6 is 0 Å². The summed E-state index contributed by atoms with van der Waals surface area (Å²) in [5.41, 5.74) is 1.10. The summed E-state index contributed by atoms with van der Waals surface area (Å²) in [4.78, 5) is 19.0. The number of methoxy groups -OCH3 is 2. The molecule has 4 rings (SSSR count). The molecule has 1 aromatic heterocycles. The number of carbonyl (C=O) groups is 1. The Kier molecular flexibility index (Phi) is 6.94. The number of benzene rings is 2. The summed E-state index contributed by atoms with van der Waals surface area (Å²) in [7, 11) is 3.27. The molecular weight excluding hydrogens is 408 g/mol. The van der Waals surface area contributed by atoms with Gasteiger partial charge >= 0.3 is 0 Å². The number of aromatic nitrogens is 1. The molecule has 0 saturated carbocycles. The largest absolute Gasteiger partial charge is 0.497 e. The van der Waals surface area contributed by atoms with Gasteiger partial charge in [-0.25, -0.2) is 4.98 Å². The highest BCUT2D eigenvalue weighted by molar-refractivity contribution is 5.78. The van der Waals surface area contributed by atoms with E-state index in [9.17, 15) is 4.79 Å². The first-order valence-corrected chi connectivity index (χ1v) is 10.8. The fourth-order valence-corrected chi connectivity index (χ4v) is 3.89. The van der Waals surface area contributed by atoms with Crippen LogP contribution in [0.25, 0.3) is 0 Å². The average Bonchev–Trinajstić information content (AvgIpc) is 3.31. The van der Waals surface area contributed by atoms with Crippen LogP contribution in [0.1, 0.15) is 36.0 Å². The van der Waals surface area contributed by atoms with E-state index in [0.717, 1.165) is 42.2 Å². The Morgan fingerprint density at radius 2 is 1.88 bits per heavy atom. The molecule has 3 aromatic rings. The lowest BCUT2D eigenvalue weighted by Crippen LogP contribution is -2.41. The van der Waals surface area contributed by atoms with Crippen molar-refractivity contribution in [3.8, 4) is 17.2 Å². The highest BCUT2D eigenvalue weighted by Gasteiger charge is 2.28. The maximum Gasteiger partial charge on any atom is 0.260 e. The monoisotopic (exact) mass is 436 g/mol. The van der Waals surface area contributed by atoms with Gasteiger partial charge in [0.1, 0.15) is 23.0 Å². The zero-order valence-corrected chi connectivity index (χ0v) is 18.5. The summed E-state index contributed by atoms with van der Waals surface area (Å²) in [6, 6.07) is 15.1. The molecule has 0 N–H and O–H groups in total. The van der Waals surface area contributed by atoms with Gasteiger partial charge in [-0.15, -0.1) is 0 Å². The molecule has 1 fully saturated rings. The molecule has 32 heavy (non-hydrogen) atoms. The van der Waals surface area contributed by atoms with E-state index in [1.165, 1.54) is 0 Å². The highest BCUT2D eigenvalue weighted by atomic mass is 16.5. The number of hydrogen-bond acceptors (Lipinski definition) is 6. The van der Waals surface area contributed by atoms with Crippen molar-refractivity contribution in [1.29, 1.82) is 0 Å². The predicted octanol–water partition coefficient (Wildman–Crippen LogP) is 4.07. The van der Waals surface area contributed by atoms with Crippen LogP contribution in [0.4, 0.5) is 0 Å². The minimum atomic E-state index is -0.0336. The number of hydrogen-bond donors (Lipinski definition) is 0. The normalized spacial score (nSPS) is 15.9. The molecule has 0 radical (unpaired) electrons. The van der Waals surface area contributed by atoms with Crippen molar-refractivity contribution in [3.63, 3.8) is 0 Å². The van der Waals surface area contributed by atoms with Gasteiger partial charge in [0, 0.05) is 19.5 Å². The van der Waals surface area contributed by atoms with Gasteiger partial charge in [-0.2, -0.15) is 0 Å². The molecule has 0 unspecified atom stereocenters. The summed E-state index contributed by atoms with van der Waals surface area (Å²) >= 11 is 0. The third-order valence-electron chi connectivity index (χ3n) is 5.63. The number of likely N-dealkylation sites (tertiary alicyclic amines) is 1. The quantitative estimate of drug-likeness (QED) is 0.530. The van der Waals surface area contributed by atoms with Crippen molar-refractivity contribution in [3.05, 3.63) is 71.9 Å². The third-order valence-corrected chi connectivity index (χ3v) is 5.63. The summed E-state index contributed by atoms with van der Waals surface area (Å²) in [5, 5.41) is 0. The van der Waals surface area contributed by atoms with Gasteiger partial charge in [0.15, 0.2) is 12.5 Å². The summed E-state index contributed by atoms with van der Waals surface area (Å²) in [5.74, 6) is 3.76. The first kappa shape index (κ1) is 21.7. The molecule has 1 saturated heterocycles. The van der Waals surface area contributed by atoms with Crippen molar-refractivity contribution in [2.45, 2.75) is 25.2 Å². The molecule has 1 aliphatic heterocycles. The van der Waals surface area contributed by atoms with Crippen molar-refractivity contribution in [2.75, 3.05) is 33.9 Å². The van der Waals surface area contributed by atoms with Crippen LogP contribution in [-0.4, -0.2) is 49.7 Å². The molecule has 7 nitrogen and oxygen atoms in total. The second-order valence-corrected chi connectivity index (χ2v) is 7.84. The van der Waals surface area contributed by atoms with Crippen LogP contribution in [0.15, 0.2) is 59.1 Å². The van der Waals surface area contributed by atoms with Crippen LogP contribution < -0.4 is 14.2 Å². The fourth-order valence-electron chi connectivity index (χ4n) is 3.89. The van der Waals surface area contributed by atoms with Crippen LogP contribution in [0, 0.1) is 0 Å². The molecule has 1 aliphatic rings. The smallest absolute Gasteiger partial charge is 0.260 e. The standard InChI is InChI=1S/C25H28N2O5/c1-29-20-8-10-21(11-9-20)31-17-24(28)27-12-4-6-19(16-27)25-26-15-23(32-25)14-18-5-3-7-22(13-18)30-2/h3,5,7-11,13,15,19H,4,6,12,14,16-17H2,1-2H3/t19-/m1/s1. The van der Waals surface area contributed by atoms with E-state index in [1.54, 1.807) is 32.5 Å². The Morgan fingerprint density at radius 3 is 2.66 bits per heavy atom. The first-order valence-electron chi connectivity index (χ1n) is 10.8. The van der Waals surface area contributed by atoms with Crippen LogP contribution in [-0.2, 0) is 11.2 Å². The zero-order valence-electron chi connectivity index (χ0n) is 18.5. The lowest BCUT2D eigenvalue weighted by Gasteiger charge is -2.31. The minimum absolute atomic E-state index is 0.00568. The molecule has 0 aliphatic carbocycles. The average molecular weight is 437 g/mol. The van der Waals surface area contributed by atoms with Crippen LogP contribution in [0.2, 0.25) is 0 Å². The molecule has 2 aromatic carbocycles. The number of amides is 1. The second-order valence-electron chi connectivity index (χ2n) is 7.84. The molecule has 1 amide bonds. The van der Waals surface area contributed by atoms with Crippen molar-refractivity contribution in [2.24, 2.45) is 0 Å². The molecule has 0 bridgehead atoms. The number of piperidine rings is 1. The number of carbonyl (C=O) groups excluding carboxylic acids is 1. The van der Waals surface area contributed by atoms with Crippen LogP contribution in [0.5, 0.6) is 17.2 Å². The van der Waals surface area contributed by atoms with E-state index in [0.29, 0.717) is 24.6 Å². The fraction of sp³-hybridized carbons (Fsp3) is 0.360. The summed E-state index contributed by atoms with van der Waals surface area (Å²) < 4.78 is 22.1. The summed E-state index contributed by atoms with van der Waals surface area (Å²) in [6.07, 6.45) is 4.28. The summed E-state index contributed by atoms with van der Waals surface area (Å²) in [6.45, 7) is 1.31. The maximum atomic E-state index is 12.7. The topological polar surface area (TPSA) is 74.0 Å². The molecule has 0 spiro atoms.